The summed E-state index contributed by atoms with van der Waals surface area (Å²) in [5, 5.41) is 6.70. The van der Waals surface area contributed by atoms with E-state index >= 15 is 0 Å². The zero-order valence-corrected chi connectivity index (χ0v) is 15.6. The molecule has 1 heterocycles. The van der Waals surface area contributed by atoms with Crippen molar-refractivity contribution in [3.8, 4) is 0 Å². The molecule has 1 atom stereocenters. The molecule has 2 N–H and O–H groups in total. The fourth-order valence-corrected chi connectivity index (χ4v) is 3.27. The van der Waals surface area contributed by atoms with Crippen LogP contribution in [0.5, 0.6) is 0 Å². The van der Waals surface area contributed by atoms with Crippen molar-refractivity contribution >= 4 is 5.96 Å². The van der Waals surface area contributed by atoms with Gasteiger partial charge >= 0.3 is 0 Å². The number of morpholine rings is 1. The fraction of sp³-hybridized carbons (Fsp3) is 0.944. The first kappa shape index (κ1) is 19.5. The largest absolute Gasteiger partial charge is 0.378 e. The third kappa shape index (κ3) is 7.81. The molecular formula is C18H36N4O2. The first-order valence-corrected chi connectivity index (χ1v) is 9.72. The van der Waals surface area contributed by atoms with Crippen molar-refractivity contribution in [1.82, 2.24) is 15.5 Å². The molecule has 2 aliphatic rings. The van der Waals surface area contributed by atoms with E-state index in [0.717, 1.165) is 51.8 Å². The number of rotatable bonds is 8. The highest BCUT2D eigenvalue weighted by Gasteiger charge is 2.17. The van der Waals surface area contributed by atoms with Gasteiger partial charge in [0.1, 0.15) is 0 Å². The lowest BCUT2D eigenvalue weighted by atomic mass is 9.98. The highest BCUT2D eigenvalue weighted by molar-refractivity contribution is 5.79. The first-order chi connectivity index (χ1) is 11.8. The summed E-state index contributed by atoms with van der Waals surface area (Å²) < 4.78 is 11.7. The summed E-state index contributed by atoms with van der Waals surface area (Å²) in [6.45, 7) is 8.18. The van der Waals surface area contributed by atoms with Crippen molar-refractivity contribution < 1.29 is 9.47 Å². The van der Waals surface area contributed by atoms with Gasteiger partial charge in [-0.3, -0.25) is 4.99 Å². The number of ether oxygens (including phenoxy) is 2. The molecule has 1 aliphatic heterocycles. The molecule has 6 nitrogen and oxygen atoms in total. The minimum atomic E-state index is 0.203. The van der Waals surface area contributed by atoms with Gasteiger partial charge in [0.15, 0.2) is 5.96 Å². The summed E-state index contributed by atoms with van der Waals surface area (Å²) >= 11 is 0. The number of aliphatic imine (C=N–C) groups is 1. The van der Waals surface area contributed by atoms with Crippen LogP contribution in [0, 0.1) is 0 Å². The molecule has 1 unspecified atom stereocenters. The Hall–Kier alpha value is -0.850. The minimum absolute atomic E-state index is 0.203. The average molecular weight is 341 g/mol. The number of likely N-dealkylation sites (N-methyl/N-ethyl adjacent to an activating group) is 1. The summed E-state index contributed by atoms with van der Waals surface area (Å²) in [4.78, 5) is 6.96. The van der Waals surface area contributed by atoms with Crippen molar-refractivity contribution in [3.05, 3.63) is 0 Å². The summed E-state index contributed by atoms with van der Waals surface area (Å²) in [5.74, 6) is 0.881. The topological polar surface area (TPSA) is 58.1 Å². The van der Waals surface area contributed by atoms with Crippen LogP contribution in [-0.4, -0.2) is 76.1 Å². The zero-order chi connectivity index (χ0) is 17.0. The molecular weight excluding hydrogens is 304 g/mol. The Morgan fingerprint density at radius 3 is 2.83 bits per heavy atom. The molecule has 0 radical (unpaired) electrons. The molecule has 0 aromatic carbocycles. The number of nitrogens with zero attached hydrogens (tertiary/aromatic N) is 2. The van der Waals surface area contributed by atoms with Crippen LogP contribution in [0.25, 0.3) is 0 Å². The highest BCUT2D eigenvalue weighted by Crippen LogP contribution is 2.20. The predicted octanol–water partition coefficient (Wildman–Crippen LogP) is 1.61. The summed E-state index contributed by atoms with van der Waals surface area (Å²) in [6.07, 6.45) is 8.25. The Balaban J connectivity index is 1.60. The summed E-state index contributed by atoms with van der Waals surface area (Å²) in [7, 11) is 2.13. The second-order valence-electron chi connectivity index (χ2n) is 6.89. The molecule has 140 valence electrons. The second kappa shape index (κ2) is 11.7. The van der Waals surface area contributed by atoms with Crippen molar-refractivity contribution in [1.29, 1.82) is 0 Å². The lowest BCUT2D eigenvalue weighted by molar-refractivity contribution is -0.0136. The van der Waals surface area contributed by atoms with E-state index in [1.54, 1.807) is 0 Å². The summed E-state index contributed by atoms with van der Waals surface area (Å²) in [5.41, 5.74) is 0. The van der Waals surface area contributed by atoms with Gasteiger partial charge in [-0.15, -0.1) is 0 Å². The highest BCUT2D eigenvalue weighted by atomic mass is 16.5. The standard InChI is InChI=1S/C18H36N4O2/c1-3-19-18(21-14-17-15-22(2)11-13-24-17)20-10-7-12-23-16-8-5-4-6-9-16/h16-17H,3-15H2,1-2H3,(H2,19,20,21). The first-order valence-electron chi connectivity index (χ1n) is 9.72. The van der Waals surface area contributed by atoms with Crippen molar-refractivity contribution in [2.24, 2.45) is 4.99 Å². The van der Waals surface area contributed by atoms with Crippen molar-refractivity contribution in [2.75, 3.05) is 53.0 Å². The van der Waals surface area contributed by atoms with Crippen LogP contribution in [0.4, 0.5) is 0 Å². The van der Waals surface area contributed by atoms with Gasteiger partial charge in [0.05, 0.1) is 25.4 Å². The molecule has 1 saturated carbocycles. The molecule has 0 amide bonds. The van der Waals surface area contributed by atoms with E-state index in [2.05, 4.69) is 34.5 Å². The maximum absolute atomic E-state index is 5.97. The van der Waals surface area contributed by atoms with Gasteiger partial charge in [0, 0.05) is 32.8 Å². The number of nitrogens with one attached hydrogen (secondary N) is 2. The predicted molar refractivity (Wildman–Crippen MR) is 98.7 cm³/mol. The Morgan fingerprint density at radius 1 is 1.25 bits per heavy atom. The Morgan fingerprint density at radius 2 is 2.08 bits per heavy atom. The van der Waals surface area contributed by atoms with Crippen molar-refractivity contribution in [2.45, 2.75) is 57.7 Å². The number of hydrogen-bond acceptors (Lipinski definition) is 4. The quantitative estimate of drug-likeness (QED) is 0.399. The van der Waals surface area contributed by atoms with Gasteiger partial charge in [-0.05, 0) is 33.2 Å². The smallest absolute Gasteiger partial charge is 0.191 e. The normalized spacial score (nSPS) is 24.1. The van der Waals surface area contributed by atoms with Gasteiger partial charge in [0.25, 0.3) is 0 Å². The van der Waals surface area contributed by atoms with E-state index in [1.165, 1.54) is 32.1 Å². The van der Waals surface area contributed by atoms with E-state index in [0.29, 0.717) is 12.6 Å². The molecule has 6 heteroatoms. The fourth-order valence-electron chi connectivity index (χ4n) is 3.27. The zero-order valence-electron chi connectivity index (χ0n) is 15.6. The van der Waals surface area contributed by atoms with Crippen molar-refractivity contribution in [3.63, 3.8) is 0 Å². The van der Waals surface area contributed by atoms with E-state index in [4.69, 9.17) is 9.47 Å². The van der Waals surface area contributed by atoms with Gasteiger partial charge < -0.3 is 25.0 Å². The molecule has 0 bridgehead atoms. The SMILES string of the molecule is CCNC(=NCC1CN(C)CCO1)NCCCOC1CCCCC1. The van der Waals surface area contributed by atoms with E-state index in [1.807, 2.05) is 0 Å². The monoisotopic (exact) mass is 340 g/mol. The van der Waals surface area contributed by atoms with Gasteiger partial charge in [-0.1, -0.05) is 19.3 Å². The Kier molecular flexibility index (Phi) is 9.46. The van der Waals surface area contributed by atoms with Crippen LogP contribution in [0.3, 0.4) is 0 Å². The van der Waals surface area contributed by atoms with Crippen LogP contribution >= 0.6 is 0 Å². The average Bonchev–Trinajstić information content (AvgIpc) is 2.60. The van der Waals surface area contributed by atoms with Crippen LogP contribution in [0.1, 0.15) is 45.4 Å². The Bertz CT molecular complexity index is 359. The molecule has 2 rings (SSSR count). The lowest BCUT2D eigenvalue weighted by Gasteiger charge is -2.29. The maximum atomic E-state index is 5.97. The maximum Gasteiger partial charge on any atom is 0.191 e. The molecule has 0 aromatic heterocycles. The van der Waals surface area contributed by atoms with Crippen LogP contribution in [-0.2, 0) is 9.47 Å². The second-order valence-corrected chi connectivity index (χ2v) is 6.89. The van der Waals surface area contributed by atoms with Crippen LogP contribution < -0.4 is 10.6 Å². The van der Waals surface area contributed by atoms with Crippen LogP contribution in [0.2, 0.25) is 0 Å². The molecule has 2 fully saturated rings. The molecule has 24 heavy (non-hydrogen) atoms. The minimum Gasteiger partial charge on any atom is -0.378 e. The summed E-state index contributed by atoms with van der Waals surface area (Å²) in [6, 6.07) is 0. The van der Waals surface area contributed by atoms with Gasteiger partial charge in [-0.25, -0.2) is 0 Å². The number of guanidine groups is 1. The molecule has 0 spiro atoms. The van der Waals surface area contributed by atoms with E-state index < -0.39 is 0 Å². The molecule has 0 aromatic rings. The third-order valence-electron chi connectivity index (χ3n) is 4.66. The van der Waals surface area contributed by atoms with E-state index in [-0.39, 0.29) is 6.10 Å². The molecule has 1 aliphatic carbocycles. The van der Waals surface area contributed by atoms with Gasteiger partial charge in [-0.2, -0.15) is 0 Å². The van der Waals surface area contributed by atoms with Crippen LogP contribution in [0.15, 0.2) is 4.99 Å². The lowest BCUT2D eigenvalue weighted by Crippen LogP contribution is -2.43. The number of hydrogen-bond donors (Lipinski definition) is 2. The molecule has 1 saturated heterocycles. The third-order valence-corrected chi connectivity index (χ3v) is 4.66. The Labute approximate surface area is 147 Å². The van der Waals surface area contributed by atoms with E-state index in [9.17, 15) is 0 Å². The van der Waals surface area contributed by atoms with Gasteiger partial charge in [0.2, 0.25) is 0 Å².